The molecule has 27 heavy (non-hydrogen) atoms. The molecule has 6 heteroatoms. The first kappa shape index (κ1) is 20.2. The number of nitrogens with zero attached hydrogens (tertiary/aromatic N) is 4. The second-order valence-corrected chi connectivity index (χ2v) is 7.83. The molecule has 150 valence electrons. The Morgan fingerprint density at radius 3 is 2.70 bits per heavy atom. The van der Waals surface area contributed by atoms with Crippen molar-refractivity contribution in [2.45, 2.75) is 64.9 Å². The number of amides is 1. The topological polar surface area (TPSA) is 58.6 Å². The molecule has 0 spiro atoms. The van der Waals surface area contributed by atoms with Crippen LogP contribution in [0, 0.1) is 6.92 Å². The highest BCUT2D eigenvalue weighted by atomic mass is 16.5. The maximum Gasteiger partial charge on any atom is 0.236 e. The van der Waals surface area contributed by atoms with Crippen LogP contribution in [0.3, 0.4) is 0 Å². The first-order valence-corrected chi connectivity index (χ1v) is 10.6. The maximum absolute atomic E-state index is 12.9. The fraction of sp³-hybridized carbons (Fsp3) is 0.762. The number of carbonyl (C=O) groups is 1. The van der Waals surface area contributed by atoms with E-state index in [4.69, 9.17) is 9.72 Å². The maximum atomic E-state index is 12.9. The number of ether oxygens (including phenoxy) is 1. The van der Waals surface area contributed by atoms with Gasteiger partial charge >= 0.3 is 0 Å². The fourth-order valence-electron chi connectivity index (χ4n) is 4.20. The van der Waals surface area contributed by atoms with E-state index in [1.807, 2.05) is 20.0 Å². The molecule has 0 N–H and O–H groups in total. The molecule has 0 aliphatic carbocycles. The third-order valence-electron chi connectivity index (χ3n) is 5.70. The Morgan fingerprint density at radius 1 is 1.19 bits per heavy atom. The van der Waals surface area contributed by atoms with Gasteiger partial charge in [0.15, 0.2) is 0 Å². The van der Waals surface area contributed by atoms with Crippen molar-refractivity contribution >= 4 is 5.91 Å². The van der Waals surface area contributed by atoms with Crippen molar-refractivity contribution in [3.63, 3.8) is 0 Å². The molecule has 2 saturated heterocycles. The minimum atomic E-state index is 0.277. The Kier molecular flexibility index (Phi) is 7.59. The molecule has 2 fully saturated rings. The Hall–Kier alpha value is -1.53. The minimum Gasteiger partial charge on any atom is -0.377 e. The van der Waals surface area contributed by atoms with Crippen LogP contribution in [0.4, 0.5) is 0 Å². The predicted octanol–water partition coefficient (Wildman–Crippen LogP) is 2.90. The molecule has 1 amide bonds. The van der Waals surface area contributed by atoms with Crippen LogP contribution in [0.2, 0.25) is 0 Å². The van der Waals surface area contributed by atoms with E-state index in [2.05, 4.69) is 14.8 Å². The van der Waals surface area contributed by atoms with Crippen molar-refractivity contribution in [3.05, 3.63) is 23.3 Å². The summed E-state index contributed by atoms with van der Waals surface area (Å²) in [7, 11) is 0. The number of rotatable bonds is 6. The molecule has 1 atom stereocenters. The summed E-state index contributed by atoms with van der Waals surface area (Å²) in [5.74, 6) is 1.35. The monoisotopic (exact) mass is 374 g/mol. The number of likely N-dealkylation sites (tertiary alicyclic amines) is 2. The fourth-order valence-corrected chi connectivity index (χ4v) is 4.20. The highest BCUT2D eigenvalue weighted by Crippen LogP contribution is 2.28. The van der Waals surface area contributed by atoms with E-state index in [1.54, 1.807) is 0 Å². The van der Waals surface area contributed by atoms with E-state index >= 15 is 0 Å². The van der Waals surface area contributed by atoms with Gasteiger partial charge in [-0.05, 0) is 52.6 Å². The summed E-state index contributed by atoms with van der Waals surface area (Å²) in [6.45, 7) is 9.48. The molecule has 6 nitrogen and oxygen atoms in total. The lowest BCUT2D eigenvalue weighted by molar-refractivity contribution is -0.133. The Morgan fingerprint density at radius 2 is 1.96 bits per heavy atom. The SMILES string of the molecule is CCOCc1cnc(C)nc1C1CCCN(C(=O)CN2CCCCCC2)C1. The van der Waals surface area contributed by atoms with E-state index in [1.165, 1.54) is 25.7 Å². The largest absolute Gasteiger partial charge is 0.377 e. The van der Waals surface area contributed by atoms with Crippen LogP contribution in [-0.2, 0) is 16.1 Å². The predicted molar refractivity (Wildman–Crippen MR) is 106 cm³/mol. The standard InChI is InChI=1S/C21H34N4O2/c1-3-27-16-19-13-22-17(2)23-21(19)18-9-8-12-25(14-18)20(26)15-24-10-6-4-5-7-11-24/h13,18H,3-12,14-16H2,1-2H3. The third-order valence-corrected chi connectivity index (χ3v) is 5.70. The van der Waals surface area contributed by atoms with Gasteiger partial charge in [0.05, 0.1) is 18.8 Å². The molecule has 0 aromatic carbocycles. The van der Waals surface area contributed by atoms with Gasteiger partial charge in [-0.3, -0.25) is 9.69 Å². The Labute approximate surface area is 163 Å². The number of carbonyl (C=O) groups excluding carboxylic acids is 1. The second kappa shape index (κ2) is 10.1. The van der Waals surface area contributed by atoms with Gasteiger partial charge in [0.2, 0.25) is 5.91 Å². The van der Waals surface area contributed by atoms with Crippen LogP contribution < -0.4 is 0 Å². The summed E-state index contributed by atoms with van der Waals surface area (Å²) in [5.41, 5.74) is 2.14. The summed E-state index contributed by atoms with van der Waals surface area (Å²) in [6, 6.07) is 0. The van der Waals surface area contributed by atoms with E-state index in [9.17, 15) is 4.79 Å². The zero-order chi connectivity index (χ0) is 19.1. The van der Waals surface area contributed by atoms with Gasteiger partial charge in [0.25, 0.3) is 0 Å². The van der Waals surface area contributed by atoms with E-state index < -0.39 is 0 Å². The molecular weight excluding hydrogens is 340 g/mol. The van der Waals surface area contributed by atoms with E-state index in [-0.39, 0.29) is 11.8 Å². The summed E-state index contributed by atoms with van der Waals surface area (Å²) in [5, 5.41) is 0. The third kappa shape index (κ3) is 5.72. The highest BCUT2D eigenvalue weighted by Gasteiger charge is 2.28. The molecule has 3 rings (SSSR count). The van der Waals surface area contributed by atoms with Gasteiger partial charge in [-0.25, -0.2) is 9.97 Å². The van der Waals surface area contributed by atoms with Crippen LogP contribution >= 0.6 is 0 Å². The van der Waals surface area contributed by atoms with Crippen LogP contribution in [-0.4, -0.2) is 65.0 Å². The lowest BCUT2D eigenvalue weighted by Crippen LogP contribution is -2.45. The van der Waals surface area contributed by atoms with Crippen LogP contribution in [0.25, 0.3) is 0 Å². The molecule has 2 aliphatic heterocycles. The number of hydrogen-bond donors (Lipinski definition) is 0. The van der Waals surface area contributed by atoms with Crippen LogP contribution in [0.1, 0.15) is 68.4 Å². The highest BCUT2D eigenvalue weighted by molar-refractivity contribution is 5.78. The molecular formula is C21H34N4O2. The molecule has 1 aromatic heterocycles. The van der Waals surface area contributed by atoms with Gasteiger partial charge in [-0.1, -0.05) is 12.8 Å². The van der Waals surface area contributed by atoms with E-state index in [0.717, 1.165) is 56.1 Å². The second-order valence-electron chi connectivity index (χ2n) is 7.83. The zero-order valence-electron chi connectivity index (χ0n) is 17.0. The van der Waals surface area contributed by atoms with Crippen molar-refractivity contribution in [1.29, 1.82) is 0 Å². The molecule has 2 aliphatic rings. The van der Waals surface area contributed by atoms with Crippen LogP contribution in [0.5, 0.6) is 0 Å². The lowest BCUT2D eigenvalue weighted by Gasteiger charge is -2.34. The van der Waals surface area contributed by atoms with Crippen LogP contribution in [0.15, 0.2) is 6.20 Å². The van der Waals surface area contributed by atoms with E-state index in [0.29, 0.717) is 19.8 Å². The molecule has 0 radical (unpaired) electrons. The van der Waals surface area contributed by atoms with Gasteiger partial charge in [0, 0.05) is 37.4 Å². The number of piperidine rings is 1. The van der Waals surface area contributed by atoms with Crippen molar-refractivity contribution in [2.75, 3.05) is 39.3 Å². The van der Waals surface area contributed by atoms with Crippen molar-refractivity contribution in [3.8, 4) is 0 Å². The lowest BCUT2D eigenvalue weighted by atomic mass is 9.92. The summed E-state index contributed by atoms with van der Waals surface area (Å²) in [6.07, 6.45) is 9.04. The van der Waals surface area contributed by atoms with Crippen molar-refractivity contribution < 1.29 is 9.53 Å². The quantitative estimate of drug-likeness (QED) is 0.766. The normalized spacial score (nSPS) is 21.9. The summed E-state index contributed by atoms with van der Waals surface area (Å²) >= 11 is 0. The van der Waals surface area contributed by atoms with Crippen molar-refractivity contribution in [2.24, 2.45) is 0 Å². The number of aromatic nitrogens is 2. The Bertz CT molecular complexity index is 614. The zero-order valence-corrected chi connectivity index (χ0v) is 17.0. The molecule has 1 unspecified atom stereocenters. The first-order valence-electron chi connectivity index (χ1n) is 10.6. The first-order chi connectivity index (χ1) is 13.2. The summed E-state index contributed by atoms with van der Waals surface area (Å²) in [4.78, 5) is 26.4. The van der Waals surface area contributed by atoms with Gasteiger partial charge < -0.3 is 9.64 Å². The molecule has 1 aromatic rings. The average molecular weight is 375 g/mol. The van der Waals surface area contributed by atoms with Gasteiger partial charge in [-0.15, -0.1) is 0 Å². The Balaban J connectivity index is 1.65. The average Bonchev–Trinajstić information content (AvgIpc) is 2.95. The van der Waals surface area contributed by atoms with Gasteiger partial charge in [-0.2, -0.15) is 0 Å². The molecule has 0 bridgehead atoms. The number of aryl methyl sites for hydroxylation is 1. The molecule has 0 saturated carbocycles. The minimum absolute atomic E-state index is 0.277. The van der Waals surface area contributed by atoms with Gasteiger partial charge in [0.1, 0.15) is 5.82 Å². The molecule has 3 heterocycles. The smallest absolute Gasteiger partial charge is 0.236 e. The van der Waals surface area contributed by atoms with Crippen molar-refractivity contribution in [1.82, 2.24) is 19.8 Å². The summed E-state index contributed by atoms with van der Waals surface area (Å²) < 4.78 is 5.61. The number of hydrogen-bond acceptors (Lipinski definition) is 5.